The third-order valence-corrected chi connectivity index (χ3v) is 2.71. The van der Waals surface area contributed by atoms with E-state index < -0.39 is 0 Å². The Labute approximate surface area is 94.3 Å². The summed E-state index contributed by atoms with van der Waals surface area (Å²) in [6.45, 7) is 0. The van der Waals surface area contributed by atoms with E-state index in [-0.39, 0.29) is 18.1 Å². The summed E-state index contributed by atoms with van der Waals surface area (Å²) >= 11 is 0. The van der Waals surface area contributed by atoms with Crippen molar-refractivity contribution in [2.24, 2.45) is 5.73 Å². The molecule has 0 amide bonds. The van der Waals surface area contributed by atoms with Crippen molar-refractivity contribution in [2.75, 3.05) is 7.11 Å². The molecule has 0 aliphatic heterocycles. The molecular formula is C12H15NO3. The predicted molar refractivity (Wildman–Crippen MR) is 59.4 cm³/mol. The van der Waals surface area contributed by atoms with E-state index in [4.69, 9.17) is 10.5 Å². The van der Waals surface area contributed by atoms with Crippen LogP contribution >= 0.6 is 0 Å². The third-order valence-electron chi connectivity index (χ3n) is 2.71. The summed E-state index contributed by atoms with van der Waals surface area (Å²) in [7, 11) is 1.36. The molecule has 0 radical (unpaired) electrons. The first kappa shape index (κ1) is 11.0. The highest BCUT2D eigenvalue weighted by atomic mass is 16.5. The average molecular weight is 221 g/mol. The molecule has 1 saturated carbocycles. The minimum Gasteiger partial charge on any atom is -0.490 e. The Bertz CT molecular complexity index is 368. The molecule has 0 saturated heterocycles. The van der Waals surface area contributed by atoms with Gasteiger partial charge in [0.15, 0.2) is 0 Å². The van der Waals surface area contributed by atoms with Gasteiger partial charge < -0.3 is 15.2 Å². The van der Waals surface area contributed by atoms with Crippen LogP contribution in [0.1, 0.15) is 23.2 Å². The highest BCUT2D eigenvalue weighted by Gasteiger charge is 2.27. The fourth-order valence-corrected chi connectivity index (χ4v) is 1.68. The van der Waals surface area contributed by atoms with E-state index in [1.54, 1.807) is 24.3 Å². The van der Waals surface area contributed by atoms with Gasteiger partial charge in [-0.1, -0.05) is 0 Å². The molecule has 0 spiro atoms. The lowest BCUT2D eigenvalue weighted by Crippen LogP contribution is -2.43. The Morgan fingerprint density at radius 2 is 1.94 bits per heavy atom. The normalized spacial score (nSPS) is 23.4. The first-order chi connectivity index (χ1) is 7.69. The van der Waals surface area contributed by atoms with Crippen LogP contribution in [0.3, 0.4) is 0 Å². The van der Waals surface area contributed by atoms with Crippen molar-refractivity contribution in [3.63, 3.8) is 0 Å². The van der Waals surface area contributed by atoms with E-state index in [9.17, 15) is 4.79 Å². The summed E-state index contributed by atoms with van der Waals surface area (Å²) in [6.07, 6.45) is 2.02. The smallest absolute Gasteiger partial charge is 0.337 e. The van der Waals surface area contributed by atoms with Crippen molar-refractivity contribution < 1.29 is 14.3 Å². The Morgan fingerprint density at radius 1 is 1.31 bits per heavy atom. The second-order valence-electron chi connectivity index (χ2n) is 3.99. The van der Waals surface area contributed by atoms with Gasteiger partial charge in [0.2, 0.25) is 0 Å². The molecule has 1 aromatic carbocycles. The molecule has 1 fully saturated rings. The Balaban J connectivity index is 1.94. The van der Waals surface area contributed by atoms with Crippen molar-refractivity contribution in [1.82, 2.24) is 0 Å². The van der Waals surface area contributed by atoms with E-state index in [2.05, 4.69) is 4.74 Å². The predicted octanol–water partition coefficient (Wildman–Crippen LogP) is 1.34. The van der Waals surface area contributed by atoms with Gasteiger partial charge in [-0.15, -0.1) is 0 Å². The molecule has 2 rings (SSSR count). The molecule has 0 bridgehead atoms. The van der Waals surface area contributed by atoms with E-state index in [0.29, 0.717) is 5.56 Å². The molecule has 2 N–H and O–H groups in total. The molecule has 1 aliphatic carbocycles. The zero-order valence-electron chi connectivity index (χ0n) is 9.18. The summed E-state index contributed by atoms with van der Waals surface area (Å²) in [5.74, 6) is 0.432. The molecule has 0 atom stereocenters. The summed E-state index contributed by atoms with van der Waals surface area (Å²) in [5.41, 5.74) is 6.19. The molecule has 16 heavy (non-hydrogen) atoms. The van der Waals surface area contributed by atoms with Gasteiger partial charge in [-0.2, -0.15) is 0 Å². The number of rotatable bonds is 3. The van der Waals surface area contributed by atoms with Crippen molar-refractivity contribution >= 4 is 5.97 Å². The lowest BCUT2D eigenvalue weighted by atomic mass is 9.90. The topological polar surface area (TPSA) is 61.5 Å². The average Bonchev–Trinajstić information content (AvgIpc) is 2.27. The van der Waals surface area contributed by atoms with Crippen LogP contribution in [0, 0.1) is 0 Å². The van der Waals surface area contributed by atoms with Gasteiger partial charge in [0.1, 0.15) is 11.9 Å². The molecule has 1 aromatic rings. The van der Waals surface area contributed by atoms with Crippen LogP contribution < -0.4 is 10.5 Å². The monoisotopic (exact) mass is 221 g/mol. The number of methoxy groups -OCH3 is 1. The molecule has 0 unspecified atom stereocenters. The highest BCUT2D eigenvalue weighted by Crippen LogP contribution is 2.24. The molecule has 1 aliphatic rings. The van der Waals surface area contributed by atoms with Crippen LogP contribution in [0.25, 0.3) is 0 Å². The van der Waals surface area contributed by atoms with Gasteiger partial charge in [0.25, 0.3) is 0 Å². The Morgan fingerprint density at radius 3 is 2.44 bits per heavy atom. The number of hydrogen-bond acceptors (Lipinski definition) is 4. The summed E-state index contributed by atoms with van der Waals surface area (Å²) in [5, 5.41) is 0. The number of esters is 1. The maximum Gasteiger partial charge on any atom is 0.337 e. The van der Waals surface area contributed by atoms with Crippen LogP contribution in [0.15, 0.2) is 24.3 Å². The van der Waals surface area contributed by atoms with Crippen LogP contribution in [0.4, 0.5) is 0 Å². The number of benzene rings is 1. The van der Waals surface area contributed by atoms with E-state index in [1.165, 1.54) is 7.11 Å². The van der Waals surface area contributed by atoms with E-state index in [1.807, 2.05) is 0 Å². The zero-order chi connectivity index (χ0) is 11.5. The maximum absolute atomic E-state index is 11.2. The maximum atomic E-state index is 11.2. The number of carbonyl (C=O) groups excluding carboxylic acids is 1. The van der Waals surface area contributed by atoms with Gasteiger partial charge in [-0.3, -0.25) is 0 Å². The standard InChI is InChI=1S/C12H15NO3/c1-15-12(14)8-2-4-10(5-3-8)16-11-6-9(13)7-11/h2-5,9,11H,6-7,13H2,1H3/t9-,11-. The van der Waals surface area contributed by atoms with Crippen molar-refractivity contribution in [3.05, 3.63) is 29.8 Å². The summed E-state index contributed by atoms with van der Waals surface area (Å²) in [6, 6.07) is 7.21. The SMILES string of the molecule is COC(=O)c1ccc(O[C@H]2C[C@H](N)C2)cc1. The van der Waals surface area contributed by atoms with Crippen LogP contribution in [-0.4, -0.2) is 25.2 Å². The second-order valence-corrected chi connectivity index (χ2v) is 3.99. The number of carbonyl (C=O) groups is 1. The second kappa shape index (κ2) is 4.53. The minimum absolute atomic E-state index is 0.221. The molecule has 0 heterocycles. The molecule has 86 valence electrons. The fourth-order valence-electron chi connectivity index (χ4n) is 1.68. The Kier molecular flexibility index (Phi) is 3.10. The number of nitrogens with two attached hydrogens (primary N) is 1. The Hall–Kier alpha value is -1.55. The molecule has 4 heteroatoms. The van der Waals surface area contributed by atoms with Crippen molar-refractivity contribution in [3.8, 4) is 5.75 Å². The number of ether oxygens (including phenoxy) is 2. The lowest BCUT2D eigenvalue weighted by molar-refractivity contribution is 0.0600. The first-order valence-corrected chi connectivity index (χ1v) is 5.29. The molecule has 0 aromatic heterocycles. The van der Waals surface area contributed by atoms with Crippen LogP contribution in [0.5, 0.6) is 5.75 Å². The summed E-state index contributed by atoms with van der Waals surface area (Å²) in [4.78, 5) is 11.2. The zero-order valence-corrected chi connectivity index (χ0v) is 9.18. The number of hydrogen-bond donors (Lipinski definition) is 1. The third kappa shape index (κ3) is 2.33. The van der Waals surface area contributed by atoms with E-state index >= 15 is 0 Å². The largest absolute Gasteiger partial charge is 0.490 e. The van der Waals surface area contributed by atoms with E-state index in [0.717, 1.165) is 18.6 Å². The lowest BCUT2D eigenvalue weighted by Gasteiger charge is -2.32. The van der Waals surface area contributed by atoms with Crippen LogP contribution in [-0.2, 0) is 4.74 Å². The van der Waals surface area contributed by atoms with Gasteiger partial charge >= 0.3 is 5.97 Å². The van der Waals surface area contributed by atoms with Crippen LogP contribution in [0.2, 0.25) is 0 Å². The van der Waals surface area contributed by atoms with Gasteiger partial charge in [0.05, 0.1) is 12.7 Å². The van der Waals surface area contributed by atoms with Crippen molar-refractivity contribution in [2.45, 2.75) is 25.0 Å². The van der Waals surface area contributed by atoms with Gasteiger partial charge in [-0.25, -0.2) is 4.79 Å². The minimum atomic E-state index is -0.336. The first-order valence-electron chi connectivity index (χ1n) is 5.29. The van der Waals surface area contributed by atoms with Gasteiger partial charge in [0, 0.05) is 6.04 Å². The van der Waals surface area contributed by atoms with Crippen molar-refractivity contribution in [1.29, 1.82) is 0 Å². The highest BCUT2D eigenvalue weighted by molar-refractivity contribution is 5.89. The summed E-state index contributed by atoms with van der Waals surface area (Å²) < 4.78 is 10.3. The van der Waals surface area contributed by atoms with Gasteiger partial charge in [-0.05, 0) is 37.1 Å². The fraction of sp³-hybridized carbons (Fsp3) is 0.417. The molecular weight excluding hydrogens is 206 g/mol. The quantitative estimate of drug-likeness (QED) is 0.782. The molecule has 4 nitrogen and oxygen atoms in total.